The summed E-state index contributed by atoms with van der Waals surface area (Å²) in [5, 5.41) is 3.24. The van der Waals surface area contributed by atoms with E-state index in [1.54, 1.807) is 37.3 Å². The fourth-order valence-electron chi connectivity index (χ4n) is 3.30. The molecule has 0 radical (unpaired) electrons. The van der Waals surface area contributed by atoms with Gasteiger partial charge >= 0.3 is 0 Å². The van der Waals surface area contributed by atoms with Gasteiger partial charge in [-0.05, 0) is 60.5 Å². The predicted octanol–water partition coefficient (Wildman–Crippen LogP) is 4.53. The van der Waals surface area contributed by atoms with Gasteiger partial charge in [0.05, 0.1) is 10.6 Å². The van der Waals surface area contributed by atoms with Crippen LogP contribution in [-0.2, 0) is 21.2 Å². The molecule has 2 N–H and O–H groups in total. The third-order valence-corrected chi connectivity index (χ3v) is 6.60. The zero-order valence-corrected chi connectivity index (χ0v) is 17.9. The van der Waals surface area contributed by atoms with Gasteiger partial charge in [-0.2, -0.15) is 0 Å². The van der Waals surface area contributed by atoms with Crippen LogP contribution < -0.4 is 14.8 Å². The molecular formula is C22H18ClFN2O4S. The van der Waals surface area contributed by atoms with Crippen LogP contribution in [0.1, 0.15) is 11.1 Å². The molecule has 0 spiro atoms. The van der Waals surface area contributed by atoms with Crippen LogP contribution in [-0.4, -0.2) is 20.4 Å². The van der Waals surface area contributed by atoms with Crippen molar-refractivity contribution >= 4 is 38.9 Å². The van der Waals surface area contributed by atoms with E-state index in [4.69, 9.17) is 16.3 Å². The van der Waals surface area contributed by atoms with Crippen LogP contribution in [0.15, 0.2) is 65.6 Å². The number of benzene rings is 3. The Morgan fingerprint density at radius 3 is 2.68 bits per heavy atom. The van der Waals surface area contributed by atoms with Gasteiger partial charge in [0.1, 0.15) is 11.6 Å². The summed E-state index contributed by atoms with van der Waals surface area (Å²) in [5.41, 5.74) is 1.39. The molecule has 1 unspecified atom stereocenters. The van der Waals surface area contributed by atoms with Crippen molar-refractivity contribution < 1.29 is 22.3 Å². The number of anilines is 2. The molecule has 0 aromatic heterocycles. The molecule has 4 rings (SSSR count). The average Bonchev–Trinajstić information content (AvgIpc) is 3.14. The lowest BCUT2D eigenvalue weighted by atomic mass is 10.1. The van der Waals surface area contributed by atoms with Gasteiger partial charge in [-0.3, -0.25) is 9.52 Å². The van der Waals surface area contributed by atoms with Crippen molar-refractivity contribution in [3.63, 3.8) is 0 Å². The molecule has 1 amide bonds. The molecule has 9 heteroatoms. The van der Waals surface area contributed by atoms with Gasteiger partial charge in [0.15, 0.2) is 6.10 Å². The average molecular weight is 461 g/mol. The molecular weight excluding hydrogens is 443 g/mol. The smallest absolute Gasteiger partial charge is 0.265 e. The van der Waals surface area contributed by atoms with E-state index in [-0.39, 0.29) is 16.3 Å². The first-order chi connectivity index (χ1) is 14.7. The monoisotopic (exact) mass is 460 g/mol. The number of halogens is 2. The van der Waals surface area contributed by atoms with Gasteiger partial charge in [-0.1, -0.05) is 29.8 Å². The lowest BCUT2D eigenvalue weighted by Crippen LogP contribution is -2.31. The number of aryl methyl sites for hydroxylation is 1. The molecule has 1 aliphatic heterocycles. The second-order valence-electron chi connectivity index (χ2n) is 7.12. The molecule has 1 atom stereocenters. The molecule has 3 aromatic carbocycles. The lowest BCUT2D eigenvalue weighted by Gasteiger charge is -2.15. The highest BCUT2D eigenvalue weighted by Crippen LogP contribution is 2.32. The van der Waals surface area contributed by atoms with Crippen LogP contribution in [0.2, 0.25) is 5.02 Å². The second-order valence-corrected chi connectivity index (χ2v) is 9.20. The van der Waals surface area contributed by atoms with E-state index in [9.17, 15) is 17.6 Å². The number of amides is 1. The van der Waals surface area contributed by atoms with E-state index >= 15 is 0 Å². The quantitative estimate of drug-likeness (QED) is 0.585. The first-order valence-corrected chi connectivity index (χ1v) is 11.2. The summed E-state index contributed by atoms with van der Waals surface area (Å²) in [6.07, 6.45) is -0.403. The molecule has 1 aliphatic rings. The highest BCUT2D eigenvalue weighted by Gasteiger charge is 2.29. The molecule has 160 valence electrons. The van der Waals surface area contributed by atoms with Gasteiger partial charge in [0.2, 0.25) is 0 Å². The van der Waals surface area contributed by atoms with Crippen LogP contribution in [0.5, 0.6) is 5.75 Å². The van der Waals surface area contributed by atoms with Crippen LogP contribution >= 0.6 is 11.6 Å². The fraction of sp³-hybridized carbons (Fsp3) is 0.136. The molecule has 0 fully saturated rings. The molecule has 1 heterocycles. The summed E-state index contributed by atoms with van der Waals surface area (Å²) < 4.78 is 47.4. The lowest BCUT2D eigenvalue weighted by molar-refractivity contribution is -0.122. The van der Waals surface area contributed by atoms with Gasteiger partial charge in [0, 0.05) is 17.1 Å². The predicted molar refractivity (Wildman–Crippen MR) is 117 cm³/mol. The molecule has 0 bridgehead atoms. The number of carbonyl (C=O) groups is 1. The Kier molecular flexibility index (Phi) is 5.60. The second kappa shape index (κ2) is 8.20. The number of ether oxygens (including phenoxy) is 1. The van der Waals surface area contributed by atoms with Crippen molar-refractivity contribution in [1.29, 1.82) is 0 Å². The minimum absolute atomic E-state index is 0.0732. The van der Waals surface area contributed by atoms with Gasteiger partial charge in [-0.15, -0.1) is 0 Å². The maximum Gasteiger partial charge on any atom is 0.265 e. The first kappa shape index (κ1) is 21.1. The summed E-state index contributed by atoms with van der Waals surface area (Å²) in [5.74, 6) is -0.515. The molecule has 3 aromatic rings. The number of fused-ring (bicyclic) bond motifs is 1. The maximum atomic E-state index is 13.9. The Bertz CT molecular complexity index is 1280. The maximum absolute atomic E-state index is 13.9. The van der Waals surface area contributed by atoms with Crippen LogP contribution in [0.4, 0.5) is 15.8 Å². The number of carbonyl (C=O) groups excluding carboxylic acids is 1. The van der Waals surface area contributed by atoms with E-state index < -0.39 is 27.9 Å². The van der Waals surface area contributed by atoms with Gasteiger partial charge < -0.3 is 10.1 Å². The number of sulfonamides is 1. The van der Waals surface area contributed by atoms with E-state index in [0.29, 0.717) is 22.8 Å². The van der Waals surface area contributed by atoms with E-state index in [2.05, 4.69) is 10.0 Å². The van der Waals surface area contributed by atoms with E-state index in [0.717, 1.165) is 11.6 Å². The van der Waals surface area contributed by atoms with Crippen molar-refractivity contribution in [2.75, 3.05) is 10.0 Å². The molecule has 0 saturated carbocycles. The normalized spacial score (nSPS) is 15.1. The summed E-state index contributed by atoms with van der Waals surface area (Å²) in [6.45, 7) is 1.61. The largest absolute Gasteiger partial charge is 0.480 e. The standard InChI is InChI=1S/C22H18ClFN2O4S/c1-13-6-8-16(12-21(13)31(28,29)26-18-5-3-2-4-17(18)24)25-22(27)20-11-14-10-15(23)7-9-19(14)30-20/h2-10,12,20,26H,11H2,1H3,(H,25,27). The topological polar surface area (TPSA) is 84.5 Å². The number of hydrogen-bond donors (Lipinski definition) is 2. The Balaban J connectivity index is 1.53. The Morgan fingerprint density at radius 1 is 1.13 bits per heavy atom. The van der Waals surface area contributed by atoms with Crippen LogP contribution in [0, 0.1) is 12.7 Å². The first-order valence-electron chi connectivity index (χ1n) is 9.37. The summed E-state index contributed by atoms with van der Waals surface area (Å²) in [4.78, 5) is 12.6. The third-order valence-electron chi connectivity index (χ3n) is 4.85. The molecule has 6 nitrogen and oxygen atoms in total. The van der Waals surface area contributed by atoms with Crippen molar-refractivity contribution in [3.05, 3.63) is 82.6 Å². The molecule has 0 aliphatic carbocycles. The fourth-order valence-corrected chi connectivity index (χ4v) is 4.83. The molecule has 0 saturated heterocycles. The Hall–Kier alpha value is -3.10. The summed E-state index contributed by atoms with van der Waals surface area (Å²) >= 11 is 5.98. The SMILES string of the molecule is Cc1ccc(NC(=O)C2Cc3cc(Cl)ccc3O2)cc1S(=O)(=O)Nc1ccccc1F. The number of hydrogen-bond acceptors (Lipinski definition) is 4. The summed E-state index contributed by atoms with van der Waals surface area (Å²) in [7, 11) is -4.08. The van der Waals surface area contributed by atoms with Crippen LogP contribution in [0.25, 0.3) is 0 Å². The van der Waals surface area contributed by atoms with Gasteiger partial charge in [0.25, 0.3) is 15.9 Å². The zero-order valence-electron chi connectivity index (χ0n) is 16.4. The number of rotatable bonds is 5. The van der Waals surface area contributed by atoms with Crippen molar-refractivity contribution in [1.82, 2.24) is 0 Å². The minimum Gasteiger partial charge on any atom is -0.480 e. The van der Waals surface area contributed by atoms with E-state index in [1.165, 1.54) is 24.3 Å². The highest BCUT2D eigenvalue weighted by atomic mass is 35.5. The number of para-hydroxylation sites is 1. The van der Waals surface area contributed by atoms with Crippen molar-refractivity contribution in [2.24, 2.45) is 0 Å². The summed E-state index contributed by atoms with van der Waals surface area (Å²) in [6, 6.07) is 15.1. The third kappa shape index (κ3) is 4.50. The van der Waals surface area contributed by atoms with Crippen LogP contribution in [0.3, 0.4) is 0 Å². The minimum atomic E-state index is -4.08. The number of nitrogens with one attached hydrogen (secondary N) is 2. The van der Waals surface area contributed by atoms with Gasteiger partial charge in [-0.25, -0.2) is 12.8 Å². The zero-order chi connectivity index (χ0) is 22.2. The highest BCUT2D eigenvalue weighted by molar-refractivity contribution is 7.92. The molecule has 31 heavy (non-hydrogen) atoms. The Labute approximate surface area is 184 Å². The van der Waals surface area contributed by atoms with Crippen molar-refractivity contribution in [3.8, 4) is 5.75 Å². The van der Waals surface area contributed by atoms with Crippen molar-refractivity contribution in [2.45, 2.75) is 24.3 Å². The Morgan fingerprint density at radius 2 is 1.90 bits per heavy atom. The van der Waals surface area contributed by atoms with E-state index in [1.807, 2.05) is 0 Å².